The Kier molecular flexibility index (Phi) is 4.27. The van der Waals surface area contributed by atoms with Gasteiger partial charge in [0, 0.05) is 19.1 Å². The molecule has 0 bridgehead atoms. The summed E-state index contributed by atoms with van der Waals surface area (Å²) in [5, 5.41) is 11.3. The van der Waals surface area contributed by atoms with Crippen molar-refractivity contribution in [3.05, 3.63) is 33.3 Å². The van der Waals surface area contributed by atoms with E-state index in [0.29, 0.717) is 5.69 Å². The molecule has 0 amide bonds. The van der Waals surface area contributed by atoms with Crippen LogP contribution in [0.5, 0.6) is 0 Å². The van der Waals surface area contributed by atoms with Crippen LogP contribution in [-0.2, 0) is 0 Å². The summed E-state index contributed by atoms with van der Waals surface area (Å²) in [6.07, 6.45) is 3.84. The lowest BCUT2D eigenvalue weighted by molar-refractivity contribution is -0.384. The van der Waals surface area contributed by atoms with E-state index in [1.165, 1.54) is 0 Å². The fraction of sp³-hybridized carbons (Fsp3) is 0.538. The van der Waals surface area contributed by atoms with E-state index in [2.05, 4.69) is 0 Å². The monoisotopic (exact) mass is 283 g/mol. The van der Waals surface area contributed by atoms with Gasteiger partial charge >= 0.3 is 5.69 Å². The molecule has 0 atom stereocenters. The van der Waals surface area contributed by atoms with Crippen molar-refractivity contribution >= 4 is 23.0 Å². The lowest BCUT2D eigenvalue weighted by Crippen LogP contribution is -2.39. The van der Waals surface area contributed by atoms with Crippen molar-refractivity contribution in [2.24, 2.45) is 5.73 Å². The molecule has 6 heteroatoms. The largest absolute Gasteiger partial charge is 0.366 e. The first-order valence-electron chi connectivity index (χ1n) is 6.42. The molecular weight excluding hydrogens is 266 g/mol. The highest BCUT2D eigenvalue weighted by molar-refractivity contribution is 6.33. The number of halogens is 1. The average Bonchev–Trinajstić information content (AvgIpc) is 2.38. The number of hydrogen-bond acceptors (Lipinski definition) is 4. The number of hydrogen-bond donors (Lipinski definition) is 1. The zero-order valence-corrected chi connectivity index (χ0v) is 11.6. The molecule has 1 fully saturated rings. The number of nitro groups is 1. The van der Waals surface area contributed by atoms with Crippen LogP contribution in [0.2, 0.25) is 5.02 Å². The number of nitrogens with two attached hydrogens (primary N) is 1. The molecule has 1 aliphatic rings. The van der Waals surface area contributed by atoms with Crippen LogP contribution in [0, 0.1) is 10.1 Å². The maximum Gasteiger partial charge on any atom is 0.310 e. The third-order valence-corrected chi connectivity index (χ3v) is 4.12. The second kappa shape index (κ2) is 5.75. The molecule has 0 spiro atoms. The van der Waals surface area contributed by atoms with Gasteiger partial charge in [-0.1, -0.05) is 17.7 Å². The van der Waals surface area contributed by atoms with Gasteiger partial charge in [-0.15, -0.1) is 0 Å². The van der Waals surface area contributed by atoms with E-state index < -0.39 is 4.92 Å². The van der Waals surface area contributed by atoms with Gasteiger partial charge in [-0.05, 0) is 37.8 Å². The molecule has 1 saturated carbocycles. The van der Waals surface area contributed by atoms with Crippen LogP contribution in [0.15, 0.2) is 18.2 Å². The number of anilines is 1. The van der Waals surface area contributed by atoms with Gasteiger partial charge in [0.05, 0.1) is 4.92 Å². The molecular formula is C13H18ClN3O2. The molecule has 0 aromatic heterocycles. The molecule has 19 heavy (non-hydrogen) atoms. The fourth-order valence-electron chi connectivity index (χ4n) is 2.65. The number of nitro benzene ring substituents is 1. The molecule has 1 aliphatic carbocycles. The van der Waals surface area contributed by atoms with Crippen molar-refractivity contribution in [2.45, 2.75) is 37.8 Å². The van der Waals surface area contributed by atoms with Gasteiger partial charge in [-0.3, -0.25) is 10.1 Å². The summed E-state index contributed by atoms with van der Waals surface area (Å²) in [5.41, 5.74) is 6.46. The summed E-state index contributed by atoms with van der Waals surface area (Å²) < 4.78 is 0. The molecule has 5 nitrogen and oxygen atoms in total. The summed E-state index contributed by atoms with van der Waals surface area (Å²) in [7, 11) is 1.89. The highest BCUT2D eigenvalue weighted by Gasteiger charge is 2.27. The second-order valence-corrected chi connectivity index (χ2v) is 5.45. The minimum absolute atomic E-state index is 0.0125. The van der Waals surface area contributed by atoms with Gasteiger partial charge in [0.15, 0.2) is 0 Å². The van der Waals surface area contributed by atoms with Crippen molar-refractivity contribution in [3.8, 4) is 0 Å². The van der Waals surface area contributed by atoms with E-state index in [1.54, 1.807) is 18.2 Å². The summed E-state index contributed by atoms with van der Waals surface area (Å²) in [4.78, 5) is 12.7. The number of benzene rings is 1. The minimum Gasteiger partial charge on any atom is -0.366 e. The highest BCUT2D eigenvalue weighted by Crippen LogP contribution is 2.37. The first kappa shape index (κ1) is 14.1. The molecule has 0 heterocycles. The molecule has 2 rings (SSSR count). The Hall–Kier alpha value is -1.33. The summed E-state index contributed by atoms with van der Waals surface area (Å²) >= 11 is 5.94. The Bertz CT molecular complexity index is 473. The van der Waals surface area contributed by atoms with E-state index in [9.17, 15) is 10.1 Å². The molecule has 0 aliphatic heterocycles. The average molecular weight is 284 g/mol. The SMILES string of the molecule is CN(c1cccc(Cl)c1[N+](=O)[O-])C1CCC(N)CC1. The van der Waals surface area contributed by atoms with Gasteiger partial charge in [0.1, 0.15) is 10.7 Å². The lowest BCUT2D eigenvalue weighted by atomic mass is 9.90. The van der Waals surface area contributed by atoms with Crippen LogP contribution in [0.4, 0.5) is 11.4 Å². The quantitative estimate of drug-likeness (QED) is 0.684. The van der Waals surface area contributed by atoms with E-state index in [1.807, 2.05) is 11.9 Å². The van der Waals surface area contributed by atoms with E-state index in [4.69, 9.17) is 17.3 Å². The Balaban J connectivity index is 2.26. The smallest absolute Gasteiger partial charge is 0.310 e. The minimum atomic E-state index is -0.414. The van der Waals surface area contributed by atoms with Gasteiger partial charge in [-0.25, -0.2) is 0 Å². The molecule has 0 unspecified atom stereocenters. The molecule has 1 aromatic carbocycles. The zero-order valence-electron chi connectivity index (χ0n) is 10.9. The summed E-state index contributed by atoms with van der Waals surface area (Å²) in [6, 6.07) is 5.60. The van der Waals surface area contributed by atoms with Gasteiger partial charge < -0.3 is 10.6 Å². The lowest BCUT2D eigenvalue weighted by Gasteiger charge is -2.34. The van der Waals surface area contributed by atoms with Crippen molar-refractivity contribution in [1.82, 2.24) is 0 Å². The normalized spacial score (nSPS) is 23.1. The van der Waals surface area contributed by atoms with E-state index in [-0.39, 0.29) is 22.8 Å². The predicted octanol–water partition coefficient (Wildman–Crippen LogP) is 2.95. The van der Waals surface area contributed by atoms with Crippen LogP contribution in [0.25, 0.3) is 0 Å². The molecule has 1 aromatic rings. The zero-order chi connectivity index (χ0) is 14.0. The topological polar surface area (TPSA) is 72.4 Å². The summed E-state index contributed by atoms with van der Waals surface area (Å²) in [6.45, 7) is 0. The Morgan fingerprint density at radius 1 is 1.37 bits per heavy atom. The second-order valence-electron chi connectivity index (χ2n) is 5.04. The fourth-order valence-corrected chi connectivity index (χ4v) is 2.89. The van der Waals surface area contributed by atoms with E-state index >= 15 is 0 Å². The van der Waals surface area contributed by atoms with Crippen LogP contribution < -0.4 is 10.6 Å². The van der Waals surface area contributed by atoms with Gasteiger partial charge in [0.2, 0.25) is 0 Å². The number of para-hydroxylation sites is 1. The van der Waals surface area contributed by atoms with Crippen molar-refractivity contribution in [1.29, 1.82) is 0 Å². The van der Waals surface area contributed by atoms with Crippen molar-refractivity contribution in [3.63, 3.8) is 0 Å². The third-order valence-electron chi connectivity index (χ3n) is 3.82. The first-order valence-corrected chi connectivity index (χ1v) is 6.80. The Morgan fingerprint density at radius 2 is 2.00 bits per heavy atom. The Labute approximate surface area is 117 Å². The van der Waals surface area contributed by atoms with Gasteiger partial charge in [-0.2, -0.15) is 0 Å². The molecule has 0 radical (unpaired) electrons. The first-order chi connectivity index (χ1) is 9.00. The third kappa shape index (κ3) is 2.98. The maximum absolute atomic E-state index is 11.2. The maximum atomic E-state index is 11.2. The number of rotatable bonds is 3. The highest BCUT2D eigenvalue weighted by atomic mass is 35.5. The molecule has 2 N–H and O–H groups in total. The molecule has 0 saturated heterocycles. The van der Waals surface area contributed by atoms with Gasteiger partial charge in [0.25, 0.3) is 0 Å². The Morgan fingerprint density at radius 3 is 2.58 bits per heavy atom. The van der Waals surface area contributed by atoms with E-state index in [0.717, 1.165) is 25.7 Å². The van der Waals surface area contributed by atoms with Crippen LogP contribution in [-0.4, -0.2) is 24.1 Å². The predicted molar refractivity (Wildman–Crippen MR) is 76.7 cm³/mol. The van der Waals surface area contributed by atoms with Crippen LogP contribution >= 0.6 is 11.6 Å². The van der Waals surface area contributed by atoms with Crippen molar-refractivity contribution in [2.75, 3.05) is 11.9 Å². The van der Waals surface area contributed by atoms with Crippen LogP contribution in [0.3, 0.4) is 0 Å². The molecule has 104 valence electrons. The number of nitrogens with zero attached hydrogens (tertiary/aromatic N) is 2. The summed E-state index contributed by atoms with van der Waals surface area (Å²) in [5.74, 6) is 0. The standard InChI is InChI=1S/C13H18ClN3O2/c1-16(10-7-5-9(15)6-8-10)12-4-2-3-11(14)13(12)17(18)19/h2-4,9-10H,5-8,15H2,1H3. The van der Waals surface area contributed by atoms with Crippen molar-refractivity contribution < 1.29 is 4.92 Å². The van der Waals surface area contributed by atoms with Crippen LogP contribution in [0.1, 0.15) is 25.7 Å².